The van der Waals surface area contributed by atoms with Crippen LogP contribution in [0.3, 0.4) is 0 Å². The minimum atomic E-state index is -5.52. The van der Waals surface area contributed by atoms with Crippen LogP contribution in [0.2, 0.25) is 0 Å². The molecule has 0 heterocycles. The molecule has 2 N–H and O–H groups in total. The Morgan fingerprint density at radius 3 is 1.17 bits per heavy atom. The van der Waals surface area contributed by atoms with E-state index in [0.29, 0.717) is 0 Å². The summed E-state index contributed by atoms with van der Waals surface area (Å²) in [5.74, 6) is 0. The van der Waals surface area contributed by atoms with Crippen LogP contribution in [0.4, 0.5) is 0 Å². The summed E-state index contributed by atoms with van der Waals surface area (Å²) in [6.07, 6.45) is 0. The van der Waals surface area contributed by atoms with E-state index in [1.54, 1.807) is 0 Å². The zero-order chi connectivity index (χ0) is 4.50. The third-order valence-electron chi connectivity index (χ3n) is 0. The van der Waals surface area contributed by atoms with Crippen LogP contribution in [-0.4, -0.2) is 7.52 Å². The molecule has 0 aliphatic heterocycles. The molecule has 0 atom stereocenters. The van der Waals surface area contributed by atoms with Crippen LogP contribution in [-0.2, 0) is 23.5 Å². The Bertz CT molecular complexity index is 90.7. The molecule has 0 rings (SSSR count). The van der Waals surface area contributed by atoms with E-state index >= 15 is 0 Å². The zero-order valence-corrected chi connectivity index (χ0v) is 6.86. The minimum absolute atomic E-state index is 0. The number of halogens is 1. The first-order valence-electron chi connectivity index (χ1n) is 0.698. The van der Waals surface area contributed by atoms with Crippen molar-refractivity contribution in [1.82, 2.24) is 0 Å². The van der Waals surface area contributed by atoms with Crippen molar-refractivity contribution < 1.29 is 31.1 Å². The molecule has 0 aromatic carbocycles. The Balaban J connectivity index is 0. The monoisotopic (exact) mass is 292 g/mol. The third kappa shape index (κ3) is 87.0. The normalized spacial score (nSPS) is 9.67. The van der Waals surface area contributed by atoms with Crippen molar-refractivity contribution in [2.75, 3.05) is 0 Å². The zero-order valence-electron chi connectivity index (χ0n) is 2.53. The molecule has 0 bridgehead atoms. The molecule has 0 spiro atoms. The van der Waals surface area contributed by atoms with Gasteiger partial charge in [-0.3, -0.25) is 0 Å². The fourth-order valence-electron chi connectivity index (χ4n) is 0. The Morgan fingerprint density at radius 1 is 1.17 bits per heavy atom. The summed E-state index contributed by atoms with van der Waals surface area (Å²) in [4.78, 5) is 0. The standard InChI is InChI=1S/HI.Mo.2H2O.2O/h1H;;2*1H2;;/q;+2;;;;/p-2. The van der Waals surface area contributed by atoms with Crippen molar-refractivity contribution in [1.29, 1.82) is 0 Å². The predicted octanol–water partition coefficient (Wildman–Crippen LogP) is -0.736. The fourth-order valence-corrected chi connectivity index (χ4v) is 0. The van der Waals surface area contributed by atoms with E-state index in [-0.39, 0.29) is 24.0 Å². The Labute approximate surface area is 54.9 Å². The van der Waals surface area contributed by atoms with Gasteiger partial charge in [0.2, 0.25) is 0 Å². The van der Waals surface area contributed by atoms with Gasteiger partial charge in [-0.25, -0.2) is 0 Å². The van der Waals surface area contributed by atoms with Crippen molar-refractivity contribution in [3.05, 3.63) is 0 Å². The van der Waals surface area contributed by atoms with Gasteiger partial charge < -0.3 is 0 Å². The molecule has 0 amide bonds. The van der Waals surface area contributed by atoms with Crippen LogP contribution in [0.25, 0.3) is 0 Å². The first-order valence-corrected chi connectivity index (χ1v) is 4.13. The van der Waals surface area contributed by atoms with Crippen molar-refractivity contribution in [2.24, 2.45) is 0 Å². The predicted molar refractivity (Wildman–Crippen MR) is 21.2 cm³/mol. The average Bonchev–Trinajstić information content (AvgIpc) is 0.722. The van der Waals surface area contributed by atoms with Crippen LogP contribution in [0.5, 0.6) is 0 Å². The van der Waals surface area contributed by atoms with Gasteiger partial charge in [-0.15, -0.1) is 24.0 Å². The van der Waals surface area contributed by atoms with Gasteiger partial charge in [-0.05, 0) is 0 Å². The van der Waals surface area contributed by atoms with Crippen LogP contribution >= 0.6 is 24.0 Å². The molecular weight excluding hydrogens is 287 g/mol. The van der Waals surface area contributed by atoms with Crippen molar-refractivity contribution in [3.63, 3.8) is 0 Å². The first-order chi connectivity index (χ1) is 2.00. The van der Waals surface area contributed by atoms with Crippen molar-refractivity contribution in [2.45, 2.75) is 0 Å². The second kappa shape index (κ2) is 3.01. The van der Waals surface area contributed by atoms with Gasteiger partial charge >= 0.3 is 31.1 Å². The summed E-state index contributed by atoms with van der Waals surface area (Å²) in [7, 11) is 0. The first kappa shape index (κ1) is 10.0. The molecule has 0 unspecified atom stereocenters. The molecule has 6 heavy (non-hydrogen) atoms. The maximum absolute atomic E-state index is 8.85. The molecule has 40 valence electrons. The Morgan fingerprint density at radius 2 is 1.17 bits per heavy atom. The number of hydrogen-bond donors (Lipinski definition) is 2. The summed E-state index contributed by atoms with van der Waals surface area (Å²) in [6, 6.07) is 0. The van der Waals surface area contributed by atoms with Gasteiger partial charge in [0.1, 0.15) is 0 Å². The van der Waals surface area contributed by atoms with E-state index in [1.165, 1.54) is 0 Å². The maximum atomic E-state index is 8.85. The molecule has 0 aliphatic rings. The second-order valence-corrected chi connectivity index (χ2v) is 2.65. The van der Waals surface area contributed by atoms with E-state index in [1.807, 2.05) is 0 Å². The van der Waals surface area contributed by atoms with Crippen molar-refractivity contribution in [3.8, 4) is 0 Å². The van der Waals surface area contributed by atoms with Crippen molar-refractivity contribution >= 4 is 24.0 Å². The topological polar surface area (TPSA) is 74.6 Å². The summed E-state index contributed by atoms with van der Waals surface area (Å²) in [6.45, 7) is 0. The molecule has 0 aromatic heterocycles. The molecule has 0 saturated carbocycles. The van der Waals surface area contributed by atoms with E-state index < -0.39 is 16.7 Å². The summed E-state index contributed by atoms with van der Waals surface area (Å²) < 4.78 is 32.0. The second-order valence-electron chi connectivity index (χ2n) is 0.448. The van der Waals surface area contributed by atoms with E-state index in [4.69, 9.17) is 14.3 Å². The fraction of sp³-hybridized carbons (Fsp3) is 0. The Kier molecular flexibility index (Phi) is 5.03. The summed E-state index contributed by atoms with van der Waals surface area (Å²) >= 11 is -5.52. The molecule has 0 radical (unpaired) electrons. The van der Waals surface area contributed by atoms with Gasteiger partial charge in [-0.1, -0.05) is 0 Å². The van der Waals surface area contributed by atoms with E-state index in [2.05, 4.69) is 0 Å². The molecule has 0 saturated heterocycles. The molecule has 0 aliphatic carbocycles. The van der Waals surface area contributed by atoms with Gasteiger partial charge in [0.15, 0.2) is 0 Å². The molecular formula is H3IMoO4. The SMILES string of the molecule is I.[O]=[Mo](=[O])([OH])[OH]. The molecule has 6 heteroatoms. The quantitative estimate of drug-likeness (QED) is 0.455. The molecule has 0 aromatic rings. The Hall–Kier alpha value is 0.938. The molecule has 4 nitrogen and oxygen atoms in total. The molecule has 0 fully saturated rings. The van der Waals surface area contributed by atoms with Crippen LogP contribution in [0, 0.1) is 0 Å². The van der Waals surface area contributed by atoms with Gasteiger partial charge in [-0.2, -0.15) is 0 Å². The van der Waals surface area contributed by atoms with Gasteiger partial charge in [0.05, 0.1) is 0 Å². The summed E-state index contributed by atoms with van der Waals surface area (Å²) in [5.41, 5.74) is 0. The van der Waals surface area contributed by atoms with E-state index in [9.17, 15) is 0 Å². The van der Waals surface area contributed by atoms with Gasteiger partial charge in [0, 0.05) is 0 Å². The van der Waals surface area contributed by atoms with E-state index in [0.717, 1.165) is 0 Å². The van der Waals surface area contributed by atoms with Crippen LogP contribution < -0.4 is 0 Å². The van der Waals surface area contributed by atoms with Gasteiger partial charge in [0.25, 0.3) is 0 Å². The van der Waals surface area contributed by atoms with Crippen LogP contribution in [0.1, 0.15) is 0 Å². The third-order valence-corrected chi connectivity index (χ3v) is 0. The van der Waals surface area contributed by atoms with Crippen LogP contribution in [0.15, 0.2) is 0 Å². The number of hydrogen-bond acceptors (Lipinski definition) is 2. The summed E-state index contributed by atoms with van der Waals surface area (Å²) in [5, 5.41) is 0. The average molecular weight is 290 g/mol. The number of rotatable bonds is 0.